The lowest BCUT2D eigenvalue weighted by Gasteiger charge is -2.10. The molecule has 1 heterocycles. The first-order valence-corrected chi connectivity index (χ1v) is 5.17. The third kappa shape index (κ3) is 2.87. The monoisotopic (exact) mass is 270 g/mol. The SMILES string of the molecule is Nc1c(O)cccc1Oc1cccc(C(F)(F)F)n1. The number of benzene rings is 1. The number of rotatable bonds is 2. The summed E-state index contributed by atoms with van der Waals surface area (Å²) < 4.78 is 42.5. The third-order valence-electron chi connectivity index (χ3n) is 2.27. The molecule has 1 aromatic heterocycles. The Morgan fingerprint density at radius 3 is 2.47 bits per heavy atom. The number of nitrogen functional groups attached to an aromatic ring is 1. The van der Waals surface area contributed by atoms with E-state index in [9.17, 15) is 18.3 Å². The highest BCUT2D eigenvalue weighted by molar-refractivity contribution is 5.62. The maximum Gasteiger partial charge on any atom is 0.433 e. The summed E-state index contributed by atoms with van der Waals surface area (Å²) >= 11 is 0. The van der Waals surface area contributed by atoms with E-state index >= 15 is 0 Å². The molecule has 0 aliphatic rings. The van der Waals surface area contributed by atoms with Gasteiger partial charge in [-0.15, -0.1) is 0 Å². The lowest BCUT2D eigenvalue weighted by Crippen LogP contribution is -2.08. The number of phenols is 1. The van der Waals surface area contributed by atoms with Gasteiger partial charge in [-0.1, -0.05) is 12.1 Å². The van der Waals surface area contributed by atoms with Gasteiger partial charge in [-0.05, 0) is 18.2 Å². The molecule has 2 rings (SSSR count). The van der Waals surface area contributed by atoms with Crippen LogP contribution in [-0.2, 0) is 6.18 Å². The van der Waals surface area contributed by atoms with Crippen LogP contribution >= 0.6 is 0 Å². The molecule has 7 heteroatoms. The first-order chi connectivity index (χ1) is 8.88. The van der Waals surface area contributed by atoms with E-state index in [1.165, 1.54) is 30.3 Å². The minimum Gasteiger partial charge on any atom is -0.506 e. The molecule has 19 heavy (non-hydrogen) atoms. The van der Waals surface area contributed by atoms with Gasteiger partial charge in [0.05, 0.1) is 0 Å². The van der Waals surface area contributed by atoms with Gasteiger partial charge in [0.2, 0.25) is 5.88 Å². The Bertz CT molecular complexity index is 600. The molecule has 0 amide bonds. The maximum absolute atomic E-state index is 12.5. The molecular weight excluding hydrogens is 261 g/mol. The van der Waals surface area contributed by atoms with Crippen molar-refractivity contribution in [3.63, 3.8) is 0 Å². The van der Waals surface area contributed by atoms with Crippen molar-refractivity contribution in [1.82, 2.24) is 4.98 Å². The zero-order valence-corrected chi connectivity index (χ0v) is 9.48. The Morgan fingerprint density at radius 1 is 1.11 bits per heavy atom. The van der Waals surface area contributed by atoms with Crippen molar-refractivity contribution in [2.45, 2.75) is 6.18 Å². The van der Waals surface area contributed by atoms with Crippen LogP contribution in [0.3, 0.4) is 0 Å². The van der Waals surface area contributed by atoms with E-state index in [4.69, 9.17) is 10.5 Å². The molecule has 0 aliphatic heterocycles. The Labute approximate surface area is 106 Å². The largest absolute Gasteiger partial charge is 0.506 e. The number of nitrogens with two attached hydrogens (primary N) is 1. The number of aromatic hydroxyl groups is 1. The first-order valence-electron chi connectivity index (χ1n) is 5.17. The molecule has 0 bridgehead atoms. The molecule has 0 saturated carbocycles. The molecule has 0 saturated heterocycles. The van der Waals surface area contributed by atoms with Gasteiger partial charge in [0.25, 0.3) is 0 Å². The van der Waals surface area contributed by atoms with Crippen LogP contribution in [0, 0.1) is 0 Å². The molecule has 0 aliphatic carbocycles. The Morgan fingerprint density at radius 2 is 1.79 bits per heavy atom. The average molecular weight is 270 g/mol. The zero-order chi connectivity index (χ0) is 14.0. The van der Waals surface area contributed by atoms with E-state index in [0.29, 0.717) is 0 Å². The van der Waals surface area contributed by atoms with Crippen LogP contribution in [0.2, 0.25) is 0 Å². The molecule has 4 nitrogen and oxygen atoms in total. The van der Waals surface area contributed by atoms with Crippen molar-refractivity contribution in [2.24, 2.45) is 0 Å². The summed E-state index contributed by atoms with van der Waals surface area (Å²) in [5.74, 6) is -0.441. The minimum absolute atomic E-state index is 0.0341. The van der Waals surface area contributed by atoms with Gasteiger partial charge in [0, 0.05) is 6.07 Å². The number of halogens is 3. The number of nitrogens with zero attached hydrogens (tertiary/aromatic N) is 1. The first kappa shape index (κ1) is 13.0. The van der Waals surface area contributed by atoms with Crippen molar-refractivity contribution >= 4 is 5.69 Å². The quantitative estimate of drug-likeness (QED) is 0.649. The van der Waals surface area contributed by atoms with Crippen LogP contribution in [0.4, 0.5) is 18.9 Å². The highest BCUT2D eigenvalue weighted by Gasteiger charge is 2.32. The van der Waals surface area contributed by atoms with Crippen molar-refractivity contribution in [3.8, 4) is 17.4 Å². The van der Waals surface area contributed by atoms with Crippen LogP contribution in [-0.4, -0.2) is 10.1 Å². The number of aromatic nitrogens is 1. The fourth-order valence-electron chi connectivity index (χ4n) is 1.36. The Kier molecular flexibility index (Phi) is 3.20. The number of phenolic OH excluding ortho intramolecular Hbond substituents is 1. The van der Waals surface area contributed by atoms with Gasteiger partial charge in [-0.2, -0.15) is 13.2 Å². The van der Waals surface area contributed by atoms with E-state index in [2.05, 4.69) is 4.98 Å². The predicted octanol–water partition coefficient (Wildman–Crippen LogP) is 3.18. The summed E-state index contributed by atoms with van der Waals surface area (Å²) in [5, 5.41) is 9.36. The lowest BCUT2D eigenvalue weighted by atomic mass is 10.3. The fraction of sp³-hybridized carbons (Fsp3) is 0.0833. The van der Waals surface area contributed by atoms with E-state index in [1.807, 2.05) is 0 Å². The molecular formula is C12H9F3N2O2. The molecule has 1 aromatic carbocycles. The van der Waals surface area contributed by atoms with Gasteiger partial charge >= 0.3 is 6.18 Å². The van der Waals surface area contributed by atoms with E-state index < -0.39 is 11.9 Å². The highest BCUT2D eigenvalue weighted by Crippen LogP contribution is 2.34. The number of ether oxygens (including phenoxy) is 1. The number of anilines is 1. The van der Waals surface area contributed by atoms with Gasteiger partial charge in [0.15, 0.2) is 5.75 Å². The number of pyridine rings is 1. The molecule has 2 aromatic rings. The van der Waals surface area contributed by atoms with Crippen LogP contribution < -0.4 is 10.5 Å². The summed E-state index contributed by atoms with van der Waals surface area (Å²) in [6, 6.07) is 7.47. The molecule has 0 spiro atoms. The van der Waals surface area contributed by atoms with Crippen LogP contribution in [0.25, 0.3) is 0 Å². The minimum atomic E-state index is -4.55. The zero-order valence-electron chi connectivity index (χ0n) is 9.48. The standard InChI is InChI=1S/C12H9F3N2O2/c13-12(14,15)9-5-2-6-10(17-9)19-8-4-1-3-7(18)11(8)16/h1-6,18H,16H2. The predicted molar refractivity (Wildman–Crippen MR) is 61.8 cm³/mol. The summed E-state index contributed by atoms with van der Waals surface area (Å²) in [6.07, 6.45) is -4.55. The van der Waals surface area contributed by atoms with Crippen LogP contribution in [0.5, 0.6) is 17.4 Å². The van der Waals surface area contributed by atoms with Gasteiger partial charge in [0.1, 0.15) is 17.1 Å². The summed E-state index contributed by atoms with van der Waals surface area (Å²) in [4.78, 5) is 3.33. The maximum atomic E-state index is 12.5. The molecule has 3 N–H and O–H groups in total. The number of para-hydroxylation sites is 1. The highest BCUT2D eigenvalue weighted by atomic mass is 19.4. The molecule has 0 unspecified atom stereocenters. The third-order valence-corrected chi connectivity index (χ3v) is 2.27. The number of hydrogen-bond donors (Lipinski definition) is 2. The Hall–Kier alpha value is -2.44. The van der Waals surface area contributed by atoms with E-state index in [-0.39, 0.29) is 23.1 Å². The lowest BCUT2D eigenvalue weighted by molar-refractivity contribution is -0.141. The number of alkyl halides is 3. The molecule has 100 valence electrons. The summed E-state index contributed by atoms with van der Waals surface area (Å²) in [6.45, 7) is 0. The van der Waals surface area contributed by atoms with Gasteiger partial charge in [-0.25, -0.2) is 4.98 Å². The normalized spacial score (nSPS) is 11.3. The van der Waals surface area contributed by atoms with Crippen LogP contribution in [0.1, 0.15) is 5.69 Å². The summed E-state index contributed by atoms with van der Waals surface area (Å²) in [7, 11) is 0. The second-order valence-corrected chi connectivity index (χ2v) is 3.65. The number of hydrogen-bond acceptors (Lipinski definition) is 4. The van der Waals surface area contributed by atoms with Crippen molar-refractivity contribution in [3.05, 3.63) is 42.1 Å². The van der Waals surface area contributed by atoms with Crippen molar-refractivity contribution < 1.29 is 23.0 Å². The molecule has 0 atom stereocenters. The Balaban J connectivity index is 2.31. The molecule has 0 radical (unpaired) electrons. The second kappa shape index (κ2) is 4.68. The average Bonchev–Trinajstić information content (AvgIpc) is 2.34. The van der Waals surface area contributed by atoms with Crippen molar-refractivity contribution in [1.29, 1.82) is 0 Å². The van der Waals surface area contributed by atoms with E-state index in [0.717, 1.165) is 6.07 Å². The summed E-state index contributed by atoms with van der Waals surface area (Å²) in [5.41, 5.74) is 4.40. The fourth-order valence-corrected chi connectivity index (χ4v) is 1.36. The van der Waals surface area contributed by atoms with Crippen molar-refractivity contribution in [2.75, 3.05) is 5.73 Å². The smallest absolute Gasteiger partial charge is 0.433 e. The van der Waals surface area contributed by atoms with Crippen LogP contribution in [0.15, 0.2) is 36.4 Å². The van der Waals surface area contributed by atoms with E-state index in [1.54, 1.807) is 0 Å². The topological polar surface area (TPSA) is 68.4 Å². The molecule has 0 fully saturated rings. The second-order valence-electron chi connectivity index (χ2n) is 3.65. The van der Waals surface area contributed by atoms with Gasteiger partial charge in [-0.3, -0.25) is 0 Å². The van der Waals surface area contributed by atoms with Gasteiger partial charge < -0.3 is 15.6 Å².